The summed E-state index contributed by atoms with van der Waals surface area (Å²) in [5.74, 6) is -2.58. The van der Waals surface area contributed by atoms with Crippen molar-refractivity contribution in [2.75, 3.05) is 20.8 Å². The summed E-state index contributed by atoms with van der Waals surface area (Å²) in [6.07, 6.45) is 4.58. The highest BCUT2D eigenvalue weighted by molar-refractivity contribution is 5.89. The summed E-state index contributed by atoms with van der Waals surface area (Å²) in [7, 11) is 2.52. The summed E-state index contributed by atoms with van der Waals surface area (Å²) in [5, 5.41) is 5.29. The van der Waals surface area contributed by atoms with Gasteiger partial charge >= 0.3 is 12.2 Å². The molecule has 16 heteroatoms. The first-order chi connectivity index (χ1) is 30.6. The van der Waals surface area contributed by atoms with Gasteiger partial charge in [0.1, 0.15) is 23.7 Å². The van der Waals surface area contributed by atoms with Gasteiger partial charge in [0.2, 0.25) is 11.8 Å². The standard InChI is InChI=1S/C48H54F2N8O6/c1-8-27-17-25(4)58(43(59)26(5)52-45(61)63-6)40(27)42-53-35-14-11-29(20-36(35)54-42)28-9-12-31-32-13-10-30(19-34(32)48(49,50)33(31)18-28)37-22-51-41(55-37)38-21-47(15-16-47)23-57(38)44(60)39(24(2)3)56-46(62)64-7/h9-14,18-20,22,24-27,38-40H,8,15-17,21,23H2,1-7H3,(H,51,55)(H,52,61)(H,53,54)(H,56,62)/t25?,26-,27-,38-,39-,40-/m0/s1. The normalized spacial score (nSPS) is 22.3. The number of halogens is 2. The van der Waals surface area contributed by atoms with Crippen molar-refractivity contribution >= 4 is 35.0 Å². The van der Waals surface area contributed by atoms with Crippen LogP contribution in [0.1, 0.15) is 102 Å². The highest BCUT2D eigenvalue weighted by Crippen LogP contribution is 2.59. The molecule has 3 fully saturated rings. The molecule has 2 aliphatic heterocycles. The van der Waals surface area contributed by atoms with Crippen LogP contribution in [0.4, 0.5) is 18.4 Å². The number of nitrogens with zero attached hydrogens (tertiary/aromatic N) is 4. The van der Waals surface area contributed by atoms with Crippen LogP contribution >= 0.6 is 0 Å². The van der Waals surface area contributed by atoms with Crippen LogP contribution in [0.15, 0.2) is 60.8 Å². The lowest BCUT2D eigenvalue weighted by Gasteiger charge is -2.31. The Morgan fingerprint density at radius 1 is 0.859 bits per heavy atom. The lowest BCUT2D eigenvalue weighted by Crippen LogP contribution is -2.51. The minimum absolute atomic E-state index is 0.00893. The molecule has 2 aliphatic carbocycles. The molecule has 4 aliphatic rings. The number of aromatic nitrogens is 4. The van der Waals surface area contributed by atoms with Gasteiger partial charge in [0.25, 0.3) is 5.92 Å². The molecule has 9 rings (SSSR count). The van der Waals surface area contributed by atoms with E-state index in [4.69, 9.17) is 19.4 Å². The van der Waals surface area contributed by atoms with Gasteiger partial charge in [0, 0.05) is 29.3 Å². The van der Waals surface area contributed by atoms with Gasteiger partial charge in [0.05, 0.1) is 49.2 Å². The molecule has 14 nitrogen and oxygen atoms in total. The number of hydrogen-bond acceptors (Lipinski definition) is 8. The summed E-state index contributed by atoms with van der Waals surface area (Å²) >= 11 is 0. The maximum absolute atomic E-state index is 16.7. The smallest absolute Gasteiger partial charge is 0.407 e. The van der Waals surface area contributed by atoms with Crippen molar-refractivity contribution in [1.82, 2.24) is 40.4 Å². The Balaban J connectivity index is 0.964. The fraction of sp³-hybridized carbons (Fsp3) is 0.458. The fourth-order valence-corrected chi connectivity index (χ4v) is 10.3. The van der Waals surface area contributed by atoms with Crippen LogP contribution in [0.2, 0.25) is 0 Å². The largest absolute Gasteiger partial charge is 0.453 e. The predicted octanol–water partition coefficient (Wildman–Crippen LogP) is 8.61. The van der Waals surface area contributed by atoms with Crippen molar-refractivity contribution in [3.63, 3.8) is 0 Å². The van der Waals surface area contributed by atoms with E-state index in [9.17, 15) is 19.2 Å². The molecule has 336 valence electrons. The van der Waals surface area contributed by atoms with Crippen LogP contribution in [0.5, 0.6) is 0 Å². The number of carbonyl (C=O) groups is 4. The minimum Gasteiger partial charge on any atom is -0.453 e. The predicted molar refractivity (Wildman–Crippen MR) is 235 cm³/mol. The van der Waals surface area contributed by atoms with Crippen LogP contribution in [0.3, 0.4) is 0 Å². The number of alkyl halides is 2. The first-order valence-corrected chi connectivity index (χ1v) is 22.1. The number of H-pyrrole nitrogens is 2. The zero-order valence-corrected chi connectivity index (χ0v) is 37.1. The molecule has 1 spiro atoms. The maximum atomic E-state index is 16.7. The summed E-state index contributed by atoms with van der Waals surface area (Å²) in [6.45, 7) is 10.0. The number of imidazole rings is 2. The van der Waals surface area contributed by atoms with Crippen molar-refractivity contribution in [2.45, 2.75) is 103 Å². The fourth-order valence-electron chi connectivity index (χ4n) is 10.3. The Morgan fingerprint density at radius 3 is 2.16 bits per heavy atom. The third-order valence-corrected chi connectivity index (χ3v) is 14.0. The van der Waals surface area contributed by atoms with E-state index in [0.29, 0.717) is 57.2 Å². The molecular weight excluding hydrogens is 823 g/mol. The van der Waals surface area contributed by atoms with E-state index < -0.39 is 30.2 Å². The van der Waals surface area contributed by atoms with E-state index in [1.807, 2.05) is 51.1 Å². The van der Waals surface area contributed by atoms with E-state index in [1.165, 1.54) is 20.3 Å². The van der Waals surface area contributed by atoms with Gasteiger partial charge in [-0.05, 0) is 103 Å². The molecule has 4 heterocycles. The second kappa shape index (κ2) is 16.0. The van der Waals surface area contributed by atoms with E-state index in [2.05, 4.69) is 27.5 Å². The summed E-state index contributed by atoms with van der Waals surface area (Å²) in [6, 6.07) is 13.5. The highest BCUT2D eigenvalue weighted by atomic mass is 19.3. The topological polar surface area (TPSA) is 175 Å². The van der Waals surface area contributed by atoms with Crippen LogP contribution in [-0.4, -0.2) is 92.6 Å². The molecule has 0 radical (unpaired) electrons. The molecule has 4 amide bonds. The Kier molecular flexibility index (Phi) is 10.8. The number of methoxy groups -OCH3 is 2. The number of hydrogen-bond donors (Lipinski definition) is 4. The highest BCUT2D eigenvalue weighted by Gasteiger charge is 2.55. The minimum atomic E-state index is -3.29. The number of likely N-dealkylation sites (tertiary alicyclic amines) is 2. The van der Waals surface area contributed by atoms with E-state index in [1.54, 1.807) is 41.1 Å². The molecule has 4 N–H and O–H groups in total. The maximum Gasteiger partial charge on any atom is 0.407 e. The third-order valence-electron chi connectivity index (χ3n) is 14.0. The van der Waals surface area contributed by atoms with Crippen LogP contribution < -0.4 is 10.6 Å². The molecule has 1 unspecified atom stereocenters. The number of benzene rings is 3. The number of rotatable bonds is 10. The second-order valence-electron chi connectivity index (χ2n) is 18.5. The number of aromatic amines is 2. The average molecular weight is 877 g/mol. The van der Waals surface area contributed by atoms with Gasteiger partial charge in [0.15, 0.2) is 0 Å². The third kappa shape index (κ3) is 7.33. The molecule has 64 heavy (non-hydrogen) atoms. The van der Waals surface area contributed by atoms with Gasteiger partial charge in [-0.2, -0.15) is 8.78 Å². The number of fused-ring (bicyclic) bond motifs is 4. The number of ether oxygens (including phenoxy) is 2. The quantitative estimate of drug-likeness (QED) is 0.108. The Hall–Kier alpha value is -6.32. The number of amides is 4. The van der Waals surface area contributed by atoms with Crippen molar-refractivity contribution in [1.29, 1.82) is 0 Å². The number of carbonyl (C=O) groups excluding carboxylic acids is 4. The van der Waals surface area contributed by atoms with Crippen LogP contribution in [0, 0.1) is 17.3 Å². The monoisotopic (exact) mass is 876 g/mol. The molecular formula is C48H54F2N8O6. The first-order valence-electron chi connectivity index (χ1n) is 22.1. The lowest BCUT2D eigenvalue weighted by molar-refractivity contribution is -0.136. The Morgan fingerprint density at radius 2 is 1.50 bits per heavy atom. The van der Waals surface area contributed by atoms with Crippen LogP contribution in [0.25, 0.3) is 44.5 Å². The van der Waals surface area contributed by atoms with Crippen molar-refractivity contribution in [2.24, 2.45) is 17.3 Å². The SMILES string of the molecule is CC[C@H]1CC(C)N(C(=O)[C@H](C)NC(=O)OC)[C@@H]1c1nc2ccc(-c3ccc4c(c3)C(F)(F)c3cc(-c5cnc([C@@H]6CC7(CC7)CN6C(=O)[C@@H](NC(=O)OC)C(C)C)[nH]5)ccc3-4)cc2[nH]1. The molecule has 1 saturated carbocycles. The van der Waals surface area contributed by atoms with Gasteiger partial charge in [-0.25, -0.2) is 19.6 Å². The van der Waals surface area contributed by atoms with Gasteiger partial charge in [-0.3, -0.25) is 9.59 Å². The molecule has 0 bridgehead atoms. The molecule has 6 atom stereocenters. The summed E-state index contributed by atoms with van der Waals surface area (Å²) in [4.78, 5) is 71.8. The Labute approximate surface area is 369 Å². The lowest BCUT2D eigenvalue weighted by atomic mass is 9.96. The average Bonchev–Trinajstić information content (AvgIpc) is 3.74. The number of alkyl carbamates (subject to hydrolysis) is 2. The van der Waals surface area contributed by atoms with Gasteiger partial charge in [-0.15, -0.1) is 0 Å². The zero-order chi connectivity index (χ0) is 45.4. The second-order valence-corrected chi connectivity index (χ2v) is 18.5. The first kappa shape index (κ1) is 43.0. The molecule has 5 aromatic rings. The molecule has 2 saturated heterocycles. The van der Waals surface area contributed by atoms with Crippen LogP contribution in [-0.2, 0) is 25.0 Å². The molecule has 2 aromatic heterocycles. The van der Waals surface area contributed by atoms with Crippen molar-refractivity contribution in [3.8, 4) is 33.5 Å². The van der Waals surface area contributed by atoms with E-state index in [-0.39, 0.29) is 58.3 Å². The van der Waals surface area contributed by atoms with E-state index >= 15 is 8.78 Å². The van der Waals surface area contributed by atoms with Gasteiger partial charge in [-0.1, -0.05) is 57.5 Å². The summed E-state index contributed by atoms with van der Waals surface area (Å²) in [5.41, 5.74) is 4.59. The van der Waals surface area contributed by atoms with Crippen molar-refractivity contribution < 1.29 is 37.4 Å². The molecule has 3 aromatic carbocycles. The Bertz CT molecular complexity index is 2670. The zero-order valence-electron chi connectivity index (χ0n) is 37.1. The summed E-state index contributed by atoms with van der Waals surface area (Å²) < 4.78 is 42.8. The van der Waals surface area contributed by atoms with Crippen molar-refractivity contribution in [3.05, 3.63) is 83.6 Å². The number of nitrogens with one attached hydrogen (secondary N) is 4. The van der Waals surface area contributed by atoms with E-state index in [0.717, 1.165) is 37.7 Å². The van der Waals surface area contributed by atoms with Gasteiger partial charge < -0.3 is 39.9 Å².